The highest BCUT2D eigenvalue weighted by Crippen LogP contribution is 2.25. The zero-order valence-corrected chi connectivity index (χ0v) is 13.0. The molecule has 0 amide bonds. The van der Waals surface area contributed by atoms with Crippen molar-refractivity contribution in [2.75, 3.05) is 31.1 Å². The van der Waals surface area contributed by atoms with Crippen molar-refractivity contribution in [2.45, 2.75) is 6.54 Å². The molecule has 0 N–H and O–H groups in total. The van der Waals surface area contributed by atoms with Crippen LogP contribution in [0.5, 0.6) is 0 Å². The summed E-state index contributed by atoms with van der Waals surface area (Å²) in [6.07, 6.45) is 3.72. The molecule has 3 rings (SSSR count). The van der Waals surface area contributed by atoms with Crippen molar-refractivity contribution in [3.63, 3.8) is 0 Å². The normalized spacial score (nSPS) is 16.4. The molecule has 4 heteroatoms. The number of rotatable bonds is 3. The molecule has 2 aromatic rings. The summed E-state index contributed by atoms with van der Waals surface area (Å²) in [6, 6.07) is 12.8. The molecule has 0 unspecified atom stereocenters. The van der Waals surface area contributed by atoms with Crippen molar-refractivity contribution in [1.29, 1.82) is 0 Å². The van der Waals surface area contributed by atoms with Gasteiger partial charge < -0.3 is 4.90 Å². The Labute approximate surface area is 128 Å². The monoisotopic (exact) mass is 331 g/mol. The average Bonchev–Trinajstić information content (AvgIpc) is 2.50. The third kappa shape index (κ3) is 3.19. The van der Waals surface area contributed by atoms with Crippen LogP contribution in [-0.4, -0.2) is 36.1 Å². The zero-order valence-electron chi connectivity index (χ0n) is 11.4. The van der Waals surface area contributed by atoms with Crippen LogP contribution < -0.4 is 4.90 Å². The molecule has 1 fully saturated rings. The fraction of sp³-hybridized carbons (Fsp3) is 0.312. The lowest BCUT2D eigenvalue weighted by Crippen LogP contribution is -2.46. The molecule has 1 aliphatic heterocycles. The molecule has 2 heterocycles. The number of nitrogens with zero attached hydrogens (tertiary/aromatic N) is 3. The minimum Gasteiger partial charge on any atom is -0.368 e. The van der Waals surface area contributed by atoms with Gasteiger partial charge in [0.1, 0.15) is 0 Å². The number of hydrogen-bond acceptors (Lipinski definition) is 3. The van der Waals surface area contributed by atoms with Gasteiger partial charge in [-0.15, -0.1) is 0 Å². The van der Waals surface area contributed by atoms with Crippen LogP contribution in [-0.2, 0) is 6.54 Å². The Kier molecular flexibility index (Phi) is 4.33. The van der Waals surface area contributed by atoms with E-state index in [0.29, 0.717) is 0 Å². The van der Waals surface area contributed by atoms with Gasteiger partial charge in [-0.25, -0.2) is 0 Å². The maximum atomic E-state index is 4.13. The van der Waals surface area contributed by atoms with Gasteiger partial charge in [-0.05, 0) is 27.6 Å². The van der Waals surface area contributed by atoms with Gasteiger partial charge in [0.25, 0.3) is 0 Å². The third-order valence-corrected chi connectivity index (χ3v) is 4.32. The first-order chi connectivity index (χ1) is 9.83. The van der Waals surface area contributed by atoms with Gasteiger partial charge >= 0.3 is 0 Å². The Bertz CT molecular complexity index is 551. The first-order valence-electron chi connectivity index (χ1n) is 6.94. The van der Waals surface area contributed by atoms with Crippen LogP contribution in [0.2, 0.25) is 0 Å². The fourth-order valence-electron chi connectivity index (χ4n) is 2.61. The van der Waals surface area contributed by atoms with E-state index < -0.39 is 0 Å². The second-order valence-corrected chi connectivity index (χ2v) is 5.93. The molecule has 1 saturated heterocycles. The van der Waals surface area contributed by atoms with Crippen molar-refractivity contribution >= 4 is 21.6 Å². The standard InChI is InChI=1S/C16H18BrN3/c17-15-12-18-7-6-16(15)20-10-8-19(9-11-20)13-14-4-2-1-3-5-14/h1-7,12H,8-11,13H2. The maximum absolute atomic E-state index is 4.13. The summed E-state index contributed by atoms with van der Waals surface area (Å²) in [5.74, 6) is 0. The molecule has 3 nitrogen and oxygen atoms in total. The number of anilines is 1. The van der Waals surface area contributed by atoms with Gasteiger partial charge in [-0.3, -0.25) is 9.88 Å². The van der Waals surface area contributed by atoms with Crippen LogP contribution in [0.15, 0.2) is 53.3 Å². The summed E-state index contributed by atoms with van der Waals surface area (Å²) >= 11 is 3.58. The predicted octanol–water partition coefficient (Wildman–Crippen LogP) is 3.17. The second kappa shape index (κ2) is 6.37. The Hall–Kier alpha value is -1.39. The van der Waals surface area contributed by atoms with E-state index in [-0.39, 0.29) is 0 Å². The highest BCUT2D eigenvalue weighted by molar-refractivity contribution is 9.10. The van der Waals surface area contributed by atoms with Gasteiger partial charge in [0, 0.05) is 45.1 Å². The van der Waals surface area contributed by atoms with E-state index in [1.165, 1.54) is 11.3 Å². The Balaban J connectivity index is 1.59. The highest BCUT2D eigenvalue weighted by atomic mass is 79.9. The van der Waals surface area contributed by atoms with Crippen LogP contribution in [0.1, 0.15) is 5.56 Å². The van der Waals surface area contributed by atoms with Crippen LogP contribution in [0.4, 0.5) is 5.69 Å². The number of halogens is 1. The SMILES string of the molecule is Brc1cnccc1N1CCN(Cc2ccccc2)CC1. The molecular weight excluding hydrogens is 314 g/mol. The van der Waals surface area contributed by atoms with Crippen LogP contribution in [0.25, 0.3) is 0 Å². The minimum absolute atomic E-state index is 1.05. The molecule has 0 saturated carbocycles. The molecule has 1 aromatic heterocycles. The van der Waals surface area contributed by atoms with Gasteiger partial charge in [0.15, 0.2) is 0 Å². The van der Waals surface area contributed by atoms with Crippen molar-refractivity contribution in [2.24, 2.45) is 0 Å². The molecule has 20 heavy (non-hydrogen) atoms. The molecule has 0 atom stereocenters. The molecule has 1 aliphatic rings. The van der Waals surface area contributed by atoms with E-state index in [2.05, 4.69) is 67.1 Å². The summed E-state index contributed by atoms with van der Waals surface area (Å²) in [5.41, 5.74) is 2.64. The van der Waals surface area contributed by atoms with Gasteiger partial charge in [-0.2, -0.15) is 0 Å². The molecule has 0 radical (unpaired) electrons. The van der Waals surface area contributed by atoms with Gasteiger partial charge in [-0.1, -0.05) is 30.3 Å². The summed E-state index contributed by atoms with van der Waals surface area (Å²) in [5, 5.41) is 0. The number of piperazine rings is 1. The highest BCUT2D eigenvalue weighted by Gasteiger charge is 2.18. The summed E-state index contributed by atoms with van der Waals surface area (Å²) in [6.45, 7) is 5.38. The van der Waals surface area contributed by atoms with Gasteiger partial charge in [0.2, 0.25) is 0 Å². The summed E-state index contributed by atoms with van der Waals surface area (Å²) < 4.78 is 1.08. The van der Waals surface area contributed by atoms with Crippen molar-refractivity contribution in [3.05, 3.63) is 58.8 Å². The number of aromatic nitrogens is 1. The lowest BCUT2D eigenvalue weighted by molar-refractivity contribution is 0.250. The maximum Gasteiger partial charge on any atom is 0.0592 e. The molecule has 0 spiro atoms. The van der Waals surface area contributed by atoms with Gasteiger partial charge in [0.05, 0.1) is 10.2 Å². The lowest BCUT2D eigenvalue weighted by Gasteiger charge is -2.36. The summed E-state index contributed by atoms with van der Waals surface area (Å²) in [7, 11) is 0. The Morgan fingerprint density at radius 2 is 1.75 bits per heavy atom. The Morgan fingerprint density at radius 3 is 2.45 bits per heavy atom. The lowest BCUT2D eigenvalue weighted by atomic mass is 10.2. The minimum atomic E-state index is 1.05. The molecular formula is C16H18BrN3. The molecule has 0 bridgehead atoms. The van der Waals surface area contributed by atoms with Crippen LogP contribution in [0.3, 0.4) is 0 Å². The molecule has 104 valence electrons. The quantitative estimate of drug-likeness (QED) is 0.861. The smallest absolute Gasteiger partial charge is 0.0592 e. The predicted molar refractivity (Wildman–Crippen MR) is 85.9 cm³/mol. The van der Waals surface area contributed by atoms with E-state index in [4.69, 9.17) is 0 Å². The number of benzene rings is 1. The number of hydrogen-bond donors (Lipinski definition) is 0. The zero-order chi connectivity index (χ0) is 13.8. The number of pyridine rings is 1. The summed E-state index contributed by atoms with van der Waals surface area (Å²) in [4.78, 5) is 9.07. The second-order valence-electron chi connectivity index (χ2n) is 5.08. The molecule has 0 aliphatic carbocycles. The van der Waals surface area contributed by atoms with Crippen LogP contribution in [0, 0.1) is 0 Å². The molecule has 1 aromatic carbocycles. The van der Waals surface area contributed by atoms with E-state index >= 15 is 0 Å². The van der Waals surface area contributed by atoms with E-state index in [1.54, 1.807) is 0 Å². The average molecular weight is 332 g/mol. The third-order valence-electron chi connectivity index (χ3n) is 3.71. The van der Waals surface area contributed by atoms with E-state index in [0.717, 1.165) is 37.2 Å². The first-order valence-corrected chi connectivity index (χ1v) is 7.73. The van der Waals surface area contributed by atoms with Crippen molar-refractivity contribution in [3.8, 4) is 0 Å². The largest absolute Gasteiger partial charge is 0.368 e. The van der Waals surface area contributed by atoms with E-state index in [9.17, 15) is 0 Å². The van der Waals surface area contributed by atoms with Crippen molar-refractivity contribution in [1.82, 2.24) is 9.88 Å². The van der Waals surface area contributed by atoms with E-state index in [1.807, 2.05) is 12.4 Å². The fourth-order valence-corrected chi connectivity index (χ4v) is 3.11. The van der Waals surface area contributed by atoms with Crippen molar-refractivity contribution < 1.29 is 0 Å². The topological polar surface area (TPSA) is 19.4 Å². The van der Waals surface area contributed by atoms with Crippen LogP contribution >= 0.6 is 15.9 Å². The first kappa shape index (κ1) is 13.6. The Morgan fingerprint density at radius 1 is 1.00 bits per heavy atom.